The molecule has 4 nitrogen and oxygen atoms in total. The molecule has 0 aliphatic carbocycles. The molecule has 0 unspecified atom stereocenters. The van der Waals surface area contributed by atoms with E-state index in [4.69, 9.17) is 0 Å². The molecule has 1 aromatic heterocycles. The first kappa shape index (κ1) is 16.8. The van der Waals surface area contributed by atoms with Crippen LogP contribution in [-0.2, 0) is 17.5 Å². The van der Waals surface area contributed by atoms with Gasteiger partial charge in [-0.25, -0.2) is 0 Å². The average molecular weight is 345 g/mol. The summed E-state index contributed by atoms with van der Waals surface area (Å²) >= 11 is 0. The predicted molar refractivity (Wildman–Crippen MR) is 87.7 cm³/mol. The molecule has 2 aromatic carbocycles. The molecular formula is C18H14F3N3O. The van der Waals surface area contributed by atoms with Crippen molar-refractivity contribution < 1.29 is 18.0 Å². The van der Waals surface area contributed by atoms with Crippen molar-refractivity contribution in [2.24, 2.45) is 0 Å². The Bertz CT molecular complexity index is 873. The molecule has 128 valence electrons. The number of hydrogen-bond donors (Lipinski definition) is 1. The van der Waals surface area contributed by atoms with Gasteiger partial charge in [-0.2, -0.15) is 18.3 Å². The van der Waals surface area contributed by atoms with Crippen LogP contribution in [0.3, 0.4) is 0 Å². The molecule has 1 amide bonds. The average Bonchev–Trinajstić information content (AvgIpc) is 3.05. The minimum absolute atomic E-state index is 0.306. The van der Waals surface area contributed by atoms with Crippen LogP contribution in [0.25, 0.3) is 11.1 Å². The van der Waals surface area contributed by atoms with Crippen LogP contribution in [0.4, 0.5) is 18.9 Å². The molecule has 0 atom stereocenters. The van der Waals surface area contributed by atoms with Gasteiger partial charge in [-0.15, -0.1) is 0 Å². The Labute approximate surface area is 141 Å². The van der Waals surface area contributed by atoms with Gasteiger partial charge in [0.25, 0.3) is 0 Å². The summed E-state index contributed by atoms with van der Waals surface area (Å²) in [6.45, 7) is -0.306. The van der Waals surface area contributed by atoms with Crippen molar-refractivity contribution in [3.63, 3.8) is 0 Å². The van der Waals surface area contributed by atoms with Crippen molar-refractivity contribution in [1.82, 2.24) is 9.78 Å². The molecule has 3 aromatic rings. The van der Waals surface area contributed by atoms with Gasteiger partial charge in [0.15, 0.2) is 5.69 Å². The largest absolute Gasteiger partial charge is 0.435 e. The number of rotatable bonds is 4. The zero-order valence-electron chi connectivity index (χ0n) is 13.0. The number of anilines is 1. The fourth-order valence-corrected chi connectivity index (χ4v) is 2.40. The van der Waals surface area contributed by atoms with E-state index in [1.165, 1.54) is 0 Å². The molecule has 0 bridgehead atoms. The number of para-hydroxylation sites is 1. The quantitative estimate of drug-likeness (QED) is 0.770. The van der Waals surface area contributed by atoms with Gasteiger partial charge < -0.3 is 5.32 Å². The van der Waals surface area contributed by atoms with Crippen molar-refractivity contribution in [2.45, 2.75) is 12.7 Å². The molecule has 0 aliphatic heterocycles. The van der Waals surface area contributed by atoms with Crippen molar-refractivity contribution >= 4 is 11.6 Å². The summed E-state index contributed by atoms with van der Waals surface area (Å²) in [6, 6.07) is 17.5. The van der Waals surface area contributed by atoms with Crippen LogP contribution in [0.15, 0.2) is 66.9 Å². The first-order valence-corrected chi connectivity index (χ1v) is 7.48. The number of amides is 1. The van der Waals surface area contributed by atoms with E-state index >= 15 is 0 Å². The van der Waals surface area contributed by atoms with Gasteiger partial charge in [0.1, 0.15) is 6.54 Å². The Hall–Kier alpha value is -3.09. The van der Waals surface area contributed by atoms with Gasteiger partial charge >= 0.3 is 6.18 Å². The van der Waals surface area contributed by atoms with Gasteiger partial charge in [0, 0.05) is 17.4 Å². The fraction of sp³-hybridized carbons (Fsp3) is 0.111. The number of benzene rings is 2. The maximum atomic E-state index is 12.5. The Kier molecular flexibility index (Phi) is 4.56. The zero-order chi connectivity index (χ0) is 17.9. The van der Waals surface area contributed by atoms with Crippen molar-refractivity contribution in [2.75, 3.05) is 5.32 Å². The van der Waals surface area contributed by atoms with Crippen LogP contribution in [0.2, 0.25) is 0 Å². The third-order valence-electron chi connectivity index (χ3n) is 3.52. The SMILES string of the molecule is O=C(Cn1ccc(C(F)(F)F)n1)Nc1ccccc1-c1ccccc1. The summed E-state index contributed by atoms with van der Waals surface area (Å²) < 4.78 is 38.6. The topological polar surface area (TPSA) is 46.9 Å². The smallest absolute Gasteiger partial charge is 0.324 e. The number of nitrogens with one attached hydrogen (secondary N) is 1. The van der Waals surface area contributed by atoms with Gasteiger partial charge in [-0.1, -0.05) is 48.5 Å². The monoisotopic (exact) mass is 345 g/mol. The highest BCUT2D eigenvalue weighted by molar-refractivity contribution is 5.95. The first-order chi connectivity index (χ1) is 11.9. The molecule has 3 rings (SSSR count). The van der Waals surface area contributed by atoms with Crippen molar-refractivity contribution in [3.05, 3.63) is 72.6 Å². The summed E-state index contributed by atoms with van der Waals surface area (Å²) in [5, 5.41) is 6.10. The fourth-order valence-electron chi connectivity index (χ4n) is 2.40. The van der Waals surface area contributed by atoms with Crippen LogP contribution < -0.4 is 5.32 Å². The Morgan fingerprint density at radius 1 is 1.00 bits per heavy atom. The minimum Gasteiger partial charge on any atom is -0.324 e. The zero-order valence-corrected chi connectivity index (χ0v) is 13.0. The van der Waals surface area contributed by atoms with Crippen molar-refractivity contribution in [1.29, 1.82) is 0 Å². The highest BCUT2D eigenvalue weighted by Gasteiger charge is 2.33. The lowest BCUT2D eigenvalue weighted by molar-refractivity contribution is -0.141. The molecule has 0 saturated carbocycles. The Balaban J connectivity index is 1.75. The first-order valence-electron chi connectivity index (χ1n) is 7.48. The summed E-state index contributed by atoms with van der Waals surface area (Å²) in [5.41, 5.74) is 1.32. The second-order valence-corrected chi connectivity index (χ2v) is 5.36. The van der Waals surface area contributed by atoms with Crippen LogP contribution in [0, 0.1) is 0 Å². The molecule has 7 heteroatoms. The summed E-state index contributed by atoms with van der Waals surface area (Å²) in [6.07, 6.45) is -3.40. The van der Waals surface area contributed by atoms with Crippen LogP contribution in [-0.4, -0.2) is 15.7 Å². The Morgan fingerprint density at radius 2 is 1.68 bits per heavy atom. The highest BCUT2D eigenvalue weighted by Crippen LogP contribution is 2.28. The third-order valence-corrected chi connectivity index (χ3v) is 3.52. The number of hydrogen-bond acceptors (Lipinski definition) is 2. The van der Waals surface area contributed by atoms with Crippen LogP contribution in [0.5, 0.6) is 0 Å². The van der Waals surface area contributed by atoms with E-state index in [-0.39, 0.29) is 6.54 Å². The highest BCUT2D eigenvalue weighted by atomic mass is 19.4. The predicted octanol–water partition coefficient (Wildman–Crippen LogP) is 4.21. The number of halogens is 3. The van der Waals surface area contributed by atoms with E-state index in [9.17, 15) is 18.0 Å². The molecule has 0 radical (unpaired) electrons. The summed E-state index contributed by atoms with van der Waals surface area (Å²) in [7, 11) is 0. The van der Waals surface area contributed by atoms with Gasteiger partial charge in [-0.3, -0.25) is 9.48 Å². The van der Waals surface area contributed by atoms with E-state index in [2.05, 4.69) is 10.4 Å². The molecule has 0 saturated heterocycles. The number of carbonyl (C=O) groups is 1. The van der Waals surface area contributed by atoms with Gasteiger partial charge in [0.05, 0.1) is 0 Å². The standard InChI is InChI=1S/C18H14F3N3O/c19-18(20,21)16-10-11-24(23-16)12-17(25)22-15-9-5-4-8-14(15)13-6-2-1-3-7-13/h1-11H,12H2,(H,22,25). The Morgan fingerprint density at radius 3 is 2.36 bits per heavy atom. The maximum absolute atomic E-state index is 12.5. The minimum atomic E-state index is -4.53. The van der Waals surface area contributed by atoms with E-state index in [0.29, 0.717) is 5.69 Å². The van der Waals surface area contributed by atoms with E-state index in [1.807, 2.05) is 42.5 Å². The van der Waals surface area contributed by atoms with E-state index < -0.39 is 17.8 Å². The molecule has 1 heterocycles. The van der Waals surface area contributed by atoms with E-state index in [1.54, 1.807) is 12.1 Å². The molecule has 1 N–H and O–H groups in total. The lowest BCUT2D eigenvalue weighted by Gasteiger charge is -2.11. The number of alkyl halides is 3. The lowest BCUT2D eigenvalue weighted by atomic mass is 10.0. The summed E-state index contributed by atoms with van der Waals surface area (Å²) in [4.78, 5) is 12.2. The third kappa shape index (κ3) is 4.06. The number of aromatic nitrogens is 2. The van der Waals surface area contributed by atoms with Crippen LogP contribution in [0.1, 0.15) is 5.69 Å². The second kappa shape index (κ2) is 6.80. The molecule has 0 spiro atoms. The maximum Gasteiger partial charge on any atom is 0.435 e. The van der Waals surface area contributed by atoms with E-state index in [0.717, 1.165) is 28.1 Å². The number of nitrogens with zero attached hydrogens (tertiary/aromatic N) is 2. The van der Waals surface area contributed by atoms with Gasteiger partial charge in [-0.05, 0) is 17.7 Å². The van der Waals surface area contributed by atoms with Gasteiger partial charge in [0.2, 0.25) is 5.91 Å². The molecule has 25 heavy (non-hydrogen) atoms. The molecule has 0 fully saturated rings. The summed E-state index contributed by atoms with van der Waals surface area (Å²) in [5.74, 6) is -0.458. The lowest BCUT2D eigenvalue weighted by Crippen LogP contribution is -2.20. The molecule has 0 aliphatic rings. The number of carbonyl (C=O) groups excluding carboxylic acids is 1. The second-order valence-electron chi connectivity index (χ2n) is 5.36. The van der Waals surface area contributed by atoms with Crippen LogP contribution >= 0.6 is 0 Å². The normalized spacial score (nSPS) is 11.3. The van der Waals surface area contributed by atoms with Crippen molar-refractivity contribution in [3.8, 4) is 11.1 Å². The molecular weight excluding hydrogens is 331 g/mol.